The predicted octanol–water partition coefficient (Wildman–Crippen LogP) is 20.4. The zero-order valence-corrected chi connectivity index (χ0v) is 61.7. The molecule has 0 aromatic heterocycles. The van der Waals surface area contributed by atoms with Gasteiger partial charge in [-0.05, 0) is 182 Å². The fourth-order valence-electron chi connectivity index (χ4n) is 10.1. The Kier molecular flexibility index (Phi) is 26.5. The summed E-state index contributed by atoms with van der Waals surface area (Å²) in [6, 6.07) is 85.7. The second-order valence-electron chi connectivity index (χ2n) is 23.8. The minimum atomic E-state index is -3.88. The van der Waals surface area contributed by atoms with Crippen LogP contribution in [0.3, 0.4) is 0 Å². The fraction of sp³-hybridized carbons (Fsp3) is 0.0732. The number of aliphatic imine (C=N–C) groups is 4. The summed E-state index contributed by atoms with van der Waals surface area (Å²) in [5, 5.41) is 0. The summed E-state index contributed by atoms with van der Waals surface area (Å²) >= 11 is 0. The van der Waals surface area contributed by atoms with E-state index in [1.807, 2.05) is 149 Å². The summed E-state index contributed by atoms with van der Waals surface area (Å²) in [5.74, 6) is 0. The van der Waals surface area contributed by atoms with Crippen LogP contribution in [0.4, 0.5) is 45.5 Å². The number of hydrogen-bond acceptors (Lipinski definition) is 12. The van der Waals surface area contributed by atoms with Crippen molar-refractivity contribution in [1.82, 2.24) is 0 Å². The molecule has 0 unspecified atom stereocenters. The smallest absolute Gasteiger partial charge is 0.572 e. The maximum absolute atomic E-state index is 12.9. The first kappa shape index (κ1) is 77.5. The van der Waals surface area contributed by atoms with Gasteiger partial charge in [-0.3, -0.25) is 20.0 Å². The molecule has 0 heterocycles. The Morgan fingerprint density at radius 2 is 0.413 bits per heavy atom. The van der Waals surface area contributed by atoms with Crippen molar-refractivity contribution in [2.75, 3.05) is 0 Å². The second kappa shape index (κ2) is 35.5. The Bertz CT molecular complexity index is 4830. The van der Waals surface area contributed by atoms with E-state index >= 15 is 0 Å². The molecule has 0 aliphatic rings. The standard InChI is InChI=1S/2C41H34N4O4S2.2Cu/c2*1-30-11-23-38(24-12-30)50(46,47)44-40-9-5-3-7-34(40)28-42-36-19-15-32(16-20-36)27-33-17-21-37(22-18-33)43-29-35-8-4-6-10-41(35)45-51(48,49)39-25-13-31(2)14-26-39;;/h2*3-26,28-29H,27H2,1-2H3;;/q2*-2;2*+2. The van der Waals surface area contributed by atoms with Gasteiger partial charge in [0.1, 0.15) is 40.1 Å². The molecule has 2 radical (unpaired) electrons. The number of rotatable bonds is 24. The first-order chi connectivity index (χ1) is 49.1. The SMILES string of the molecule is Cc1ccc(S(=O)(=O)[N-]c2ccccc2C=Nc2ccc(Cc3ccc(N=Cc4ccccc4[N-]S(=O)(=O)c4ccc(C)cc4)cc3)cc2)cc1.Cc1ccc(S(=O)(=O)[N-]c2ccccc2C=Nc2ccc(Cc3ccc(N=Cc4ccccc4[N-]S(=O)(=O)c4ccc(C)cc4)cc3)cc2)cc1.[Cu+2].[Cu+2]. The minimum Gasteiger partial charge on any atom is -0.572 e. The van der Waals surface area contributed by atoms with Crippen LogP contribution in [0, 0.1) is 27.7 Å². The monoisotopic (exact) mass is 1550 g/mol. The van der Waals surface area contributed by atoms with Crippen molar-refractivity contribution >= 4 is 110 Å². The van der Waals surface area contributed by atoms with Gasteiger partial charge in [0.2, 0.25) is 0 Å². The van der Waals surface area contributed by atoms with E-state index in [0.29, 0.717) is 57.8 Å². The molecular formula is C82H68Cu2N8O8S4. The van der Waals surface area contributed by atoms with E-state index in [2.05, 4.69) is 38.9 Å². The molecule has 0 aliphatic heterocycles. The molecule has 530 valence electrons. The van der Waals surface area contributed by atoms with Gasteiger partial charge in [0, 0.05) is 24.9 Å². The molecule has 0 amide bonds. The third-order valence-electron chi connectivity index (χ3n) is 15.9. The average Bonchev–Trinajstić information content (AvgIpc) is 0.833. The topological polar surface area (TPSA) is 242 Å². The molecule has 0 N–H and O–H groups in total. The molecule has 0 atom stereocenters. The van der Waals surface area contributed by atoms with Crippen molar-refractivity contribution < 1.29 is 67.8 Å². The normalized spacial score (nSPS) is 11.7. The predicted molar refractivity (Wildman–Crippen MR) is 412 cm³/mol. The summed E-state index contributed by atoms with van der Waals surface area (Å²) in [7, 11) is -15.5. The molecule has 104 heavy (non-hydrogen) atoms. The number of hydrogen-bond donors (Lipinski definition) is 0. The van der Waals surface area contributed by atoms with Gasteiger partial charge in [-0.2, -0.15) is 0 Å². The van der Waals surface area contributed by atoms with Crippen molar-refractivity contribution in [2.45, 2.75) is 60.1 Å². The Morgan fingerprint density at radius 3 is 0.596 bits per heavy atom. The van der Waals surface area contributed by atoms with Crippen LogP contribution in [0.25, 0.3) is 18.9 Å². The van der Waals surface area contributed by atoms with Gasteiger partial charge in [0.25, 0.3) is 0 Å². The summed E-state index contributed by atoms with van der Waals surface area (Å²) in [6.45, 7) is 7.59. The Morgan fingerprint density at radius 1 is 0.240 bits per heavy atom. The van der Waals surface area contributed by atoms with Gasteiger partial charge in [-0.1, -0.05) is 216 Å². The second-order valence-corrected chi connectivity index (χ2v) is 30.2. The third kappa shape index (κ3) is 21.7. The van der Waals surface area contributed by atoms with Gasteiger partial charge in [-0.25, -0.2) is 33.7 Å². The molecule has 12 aromatic rings. The van der Waals surface area contributed by atoms with Crippen molar-refractivity contribution in [3.8, 4) is 0 Å². The Balaban J connectivity index is 0.000000237. The molecule has 22 heteroatoms. The first-order valence-electron chi connectivity index (χ1n) is 32.2. The molecule has 12 rings (SSSR count). The van der Waals surface area contributed by atoms with Crippen molar-refractivity contribution in [3.05, 3.63) is 377 Å². The molecular weight excluding hydrogens is 1480 g/mol. The van der Waals surface area contributed by atoms with E-state index in [9.17, 15) is 33.7 Å². The van der Waals surface area contributed by atoms with Gasteiger partial charge in [0.15, 0.2) is 0 Å². The van der Waals surface area contributed by atoms with E-state index in [1.54, 1.807) is 195 Å². The molecule has 0 bridgehead atoms. The molecule has 12 aromatic carbocycles. The van der Waals surface area contributed by atoms with Crippen LogP contribution in [0.15, 0.2) is 331 Å². The first-order valence-corrected chi connectivity index (χ1v) is 37.9. The number of sulfonamides is 4. The van der Waals surface area contributed by atoms with E-state index in [-0.39, 0.29) is 53.7 Å². The third-order valence-corrected chi connectivity index (χ3v) is 21.1. The molecule has 0 aliphatic carbocycles. The van der Waals surface area contributed by atoms with E-state index in [1.165, 1.54) is 0 Å². The van der Waals surface area contributed by atoms with E-state index in [4.69, 9.17) is 0 Å². The average molecular weight is 1550 g/mol. The summed E-state index contributed by atoms with van der Waals surface area (Å²) in [6.07, 6.45) is 7.87. The van der Waals surface area contributed by atoms with Crippen LogP contribution < -0.4 is 0 Å². The maximum atomic E-state index is 12.9. The number of benzene rings is 12. The Hall–Kier alpha value is -10.6. The van der Waals surface area contributed by atoms with Crippen LogP contribution in [0.1, 0.15) is 66.8 Å². The molecule has 0 spiro atoms. The largest absolute Gasteiger partial charge is 2.00 e. The van der Waals surface area contributed by atoms with Crippen LogP contribution >= 0.6 is 0 Å². The van der Waals surface area contributed by atoms with Crippen LogP contribution in [0.2, 0.25) is 0 Å². The van der Waals surface area contributed by atoms with Crippen LogP contribution in [0.5, 0.6) is 0 Å². The quantitative estimate of drug-likeness (QED) is 0.0415. The van der Waals surface area contributed by atoms with Crippen LogP contribution in [-0.4, -0.2) is 58.5 Å². The number of aryl methyl sites for hydroxylation is 4. The van der Waals surface area contributed by atoms with E-state index < -0.39 is 40.1 Å². The van der Waals surface area contributed by atoms with Crippen molar-refractivity contribution in [2.24, 2.45) is 20.0 Å². The van der Waals surface area contributed by atoms with E-state index in [0.717, 1.165) is 67.3 Å². The van der Waals surface area contributed by atoms with Gasteiger partial charge in [-0.15, -0.1) is 22.7 Å². The van der Waals surface area contributed by atoms with Gasteiger partial charge in [0.05, 0.1) is 42.3 Å². The molecule has 0 fully saturated rings. The van der Waals surface area contributed by atoms with Crippen molar-refractivity contribution in [3.63, 3.8) is 0 Å². The molecule has 0 saturated heterocycles. The maximum Gasteiger partial charge on any atom is 2.00 e. The summed E-state index contributed by atoms with van der Waals surface area (Å²) in [5.41, 5.74) is 14.7. The zero-order chi connectivity index (χ0) is 71.7. The van der Waals surface area contributed by atoms with Gasteiger partial charge >= 0.3 is 34.1 Å². The zero-order valence-electron chi connectivity index (χ0n) is 56.5. The minimum absolute atomic E-state index is 0. The summed E-state index contributed by atoms with van der Waals surface area (Å²) < 4.78 is 119. The fourth-order valence-corrected chi connectivity index (χ4v) is 14.2. The molecule has 0 saturated carbocycles. The van der Waals surface area contributed by atoms with Crippen LogP contribution in [-0.2, 0) is 87.1 Å². The summed E-state index contributed by atoms with van der Waals surface area (Å²) in [4.78, 5) is 18.8. The molecule has 16 nitrogen and oxygen atoms in total. The number of nitrogens with zero attached hydrogens (tertiary/aromatic N) is 8. The Labute approximate surface area is 630 Å². The van der Waals surface area contributed by atoms with Crippen molar-refractivity contribution in [1.29, 1.82) is 0 Å². The van der Waals surface area contributed by atoms with Gasteiger partial charge < -0.3 is 18.9 Å².